The predicted molar refractivity (Wildman–Crippen MR) is 67.2 cm³/mol. The van der Waals surface area contributed by atoms with Crippen molar-refractivity contribution in [1.82, 2.24) is 0 Å². The molecule has 1 heteroatoms. The average Bonchev–Trinajstić information content (AvgIpc) is 2.28. The molecule has 0 N–H and O–H groups in total. The number of carbonyl (C=O) groups excluding carboxylic acids is 1. The van der Waals surface area contributed by atoms with Crippen molar-refractivity contribution in [3.8, 4) is 0 Å². The Kier molecular flexibility index (Phi) is 4.05. The molecule has 2 aliphatic carbocycles. The highest BCUT2D eigenvalue weighted by Gasteiger charge is 2.32. The Balaban J connectivity index is 1.86. The summed E-state index contributed by atoms with van der Waals surface area (Å²) in [6, 6.07) is 0. The van der Waals surface area contributed by atoms with Crippen LogP contribution in [0.1, 0.15) is 58.8 Å². The summed E-state index contributed by atoms with van der Waals surface area (Å²) in [5.41, 5.74) is 0. The molecule has 0 heterocycles. The first-order chi connectivity index (χ1) is 7.69. The van der Waals surface area contributed by atoms with E-state index in [0.717, 1.165) is 36.5 Å². The van der Waals surface area contributed by atoms with Crippen LogP contribution in [0.4, 0.5) is 0 Å². The third-order valence-electron chi connectivity index (χ3n) is 4.89. The Hall–Kier alpha value is -0.330. The van der Waals surface area contributed by atoms with Crippen molar-refractivity contribution in [1.29, 1.82) is 0 Å². The summed E-state index contributed by atoms with van der Waals surface area (Å²) in [5.74, 6) is 4.14. The van der Waals surface area contributed by atoms with Crippen LogP contribution in [-0.4, -0.2) is 6.29 Å². The highest BCUT2D eigenvalue weighted by Crippen LogP contribution is 2.42. The standard InChI is InChI=1S/C15H26O/c1-11-7-12(2)9-15(8-11)14-5-3-13(10-16)4-6-14/h10-15H,3-9H2,1-2H3. The van der Waals surface area contributed by atoms with Gasteiger partial charge in [-0.1, -0.05) is 13.8 Å². The Bertz CT molecular complexity index is 218. The summed E-state index contributed by atoms with van der Waals surface area (Å²) in [5, 5.41) is 0. The van der Waals surface area contributed by atoms with Crippen molar-refractivity contribution in [3.05, 3.63) is 0 Å². The van der Waals surface area contributed by atoms with Gasteiger partial charge in [0, 0.05) is 5.92 Å². The Morgan fingerprint density at radius 2 is 1.38 bits per heavy atom. The smallest absolute Gasteiger partial charge is 0.123 e. The minimum Gasteiger partial charge on any atom is -0.303 e. The summed E-state index contributed by atoms with van der Waals surface area (Å²) in [6.45, 7) is 4.83. The summed E-state index contributed by atoms with van der Waals surface area (Å²) >= 11 is 0. The zero-order valence-electron chi connectivity index (χ0n) is 10.8. The van der Waals surface area contributed by atoms with E-state index >= 15 is 0 Å². The maximum absolute atomic E-state index is 10.7. The van der Waals surface area contributed by atoms with Crippen LogP contribution >= 0.6 is 0 Å². The van der Waals surface area contributed by atoms with Crippen molar-refractivity contribution < 1.29 is 4.79 Å². The number of carbonyl (C=O) groups is 1. The second-order valence-corrected chi connectivity index (χ2v) is 6.49. The summed E-state index contributed by atoms with van der Waals surface area (Å²) < 4.78 is 0. The van der Waals surface area contributed by atoms with Gasteiger partial charge >= 0.3 is 0 Å². The number of rotatable bonds is 2. The molecule has 2 atom stereocenters. The van der Waals surface area contributed by atoms with Gasteiger partial charge in [0.05, 0.1) is 0 Å². The Labute approximate surface area is 100.0 Å². The fourth-order valence-electron chi connectivity index (χ4n) is 4.15. The molecular formula is C15H26O. The third kappa shape index (κ3) is 2.87. The molecule has 0 spiro atoms. The van der Waals surface area contributed by atoms with Crippen LogP contribution in [0.2, 0.25) is 0 Å². The van der Waals surface area contributed by atoms with Crippen molar-refractivity contribution in [2.75, 3.05) is 0 Å². The zero-order chi connectivity index (χ0) is 11.5. The van der Waals surface area contributed by atoms with Crippen molar-refractivity contribution in [3.63, 3.8) is 0 Å². The molecule has 0 aliphatic heterocycles. The first kappa shape index (κ1) is 12.1. The summed E-state index contributed by atoms with van der Waals surface area (Å²) in [7, 11) is 0. The lowest BCUT2D eigenvalue weighted by Crippen LogP contribution is -2.29. The Morgan fingerprint density at radius 1 is 0.812 bits per heavy atom. The van der Waals surface area contributed by atoms with E-state index in [-0.39, 0.29) is 0 Å². The molecule has 2 unspecified atom stereocenters. The monoisotopic (exact) mass is 222 g/mol. The van der Waals surface area contributed by atoms with Crippen molar-refractivity contribution >= 4 is 6.29 Å². The summed E-state index contributed by atoms with van der Waals surface area (Å²) in [4.78, 5) is 10.7. The molecule has 0 saturated heterocycles. The predicted octanol–water partition coefficient (Wildman–Crippen LogP) is 4.06. The van der Waals surface area contributed by atoms with Gasteiger partial charge in [0.15, 0.2) is 0 Å². The molecule has 2 saturated carbocycles. The van der Waals surface area contributed by atoms with Crippen LogP contribution in [0, 0.1) is 29.6 Å². The van der Waals surface area contributed by atoms with Gasteiger partial charge in [-0.3, -0.25) is 0 Å². The fraction of sp³-hybridized carbons (Fsp3) is 0.933. The van der Waals surface area contributed by atoms with Crippen LogP contribution in [0.15, 0.2) is 0 Å². The maximum Gasteiger partial charge on any atom is 0.123 e. The quantitative estimate of drug-likeness (QED) is 0.644. The lowest BCUT2D eigenvalue weighted by atomic mass is 9.67. The molecule has 0 aromatic carbocycles. The van der Waals surface area contributed by atoms with Gasteiger partial charge in [0.1, 0.15) is 6.29 Å². The molecule has 1 nitrogen and oxygen atoms in total. The maximum atomic E-state index is 10.7. The normalized spacial score (nSPS) is 45.2. The van der Waals surface area contributed by atoms with Gasteiger partial charge in [0.25, 0.3) is 0 Å². The van der Waals surface area contributed by atoms with Crippen LogP contribution in [-0.2, 0) is 4.79 Å². The van der Waals surface area contributed by atoms with E-state index in [0.29, 0.717) is 5.92 Å². The zero-order valence-corrected chi connectivity index (χ0v) is 10.8. The molecule has 92 valence electrons. The van der Waals surface area contributed by atoms with E-state index in [1.807, 2.05) is 0 Å². The first-order valence-electron chi connectivity index (χ1n) is 7.14. The molecule has 0 amide bonds. The lowest BCUT2D eigenvalue weighted by molar-refractivity contribution is -0.112. The van der Waals surface area contributed by atoms with E-state index < -0.39 is 0 Å². The van der Waals surface area contributed by atoms with Crippen LogP contribution in [0.3, 0.4) is 0 Å². The topological polar surface area (TPSA) is 17.1 Å². The highest BCUT2D eigenvalue weighted by molar-refractivity contribution is 5.53. The van der Waals surface area contributed by atoms with Gasteiger partial charge < -0.3 is 4.79 Å². The van der Waals surface area contributed by atoms with Gasteiger partial charge in [-0.15, -0.1) is 0 Å². The van der Waals surface area contributed by atoms with E-state index in [4.69, 9.17) is 0 Å². The summed E-state index contributed by atoms with van der Waals surface area (Å²) in [6.07, 6.45) is 10.5. The van der Waals surface area contributed by atoms with Gasteiger partial charge in [0.2, 0.25) is 0 Å². The average molecular weight is 222 g/mol. The second kappa shape index (κ2) is 5.33. The molecular weight excluding hydrogens is 196 g/mol. The Morgan fingerprint density at radius 3 is 1.88 bits per heavy atom. The van der Waals surface area contributed by atoms with Crippen LogP contribution in [0.25, 0.3) is 0 Å². The largest absolute Gasteiger partial charge is 0.303 e. The molecule has 0 aromatic rings. The van der Waals surface area contributed by atoms with E-state index in [9.17, 15) is 4.79 Å². The van der Waals surface area contributed by atoms with Gasteiger partial charge in [-0.25, -0.2) is 0 Å². The van der Waals surface area contributed by atoms with Crippen molar-refractivity contribution in [2.45, 2.75) is 58.8 Å². The lowest BCUT2D eigenvalue weighted by Gasteiger charge is -2.39. The minimum atomic E-state index is 0.384. The first-order valence-corrected chi connectivity index (χ1v) is 7.14. The number of hydrogen-bond acceptors (Lipinski definition) is 1. The third-order valence-corrected chi connectivity index (χ3v) is 4.89. The fourth-order valence-corrected chi connectivity index (χ4v) is 4.15. The molecule has 16 heavy (non-hydrogen) atoms. The van der Waals surface area contributed by atoms with Gasteiger partial charge in [-0.2, -0.15) is 0 Å². The molecule has 2 rings (SSSR count). The number of aldehydes is 1. The molecule has 0 bridgehead atoms. The van der Waals surface area contributed by atoms with Crippen LogP contribution in [0.5, 0.6) is 0 Å². The van der Waals surface area contributed by atoms with E-state index in [1.165, 1.54) is 38.4 Å². The van der Waals surface area contributed by atoms with E-state index in [2.05, 4.69) is 13.8 Å². The van der Waals surface area contributed by atoms with Gasteiger partial charge in [-0.05, 0) is 68.6 Å². The van der Waals surface area contributed by atoms with Crippen molar-refractivity contribution in [2.24, 2.45) is 29.6 Å². The number of hydrogen-bond donors (Lipinski definition) is 0. The molecule has 0 radical (unpaired) electrons. The minimum absolute atomic E-state index is 0.384. The molecule has 2 fully saturated rings. The van der Waals surface area contributed by atoms with E-state index in [1.54, 1.807) is 0 Å². The van der Waals surface area contributed by atoms with Crippen LogP contribution < -0.4 is 0 Å². The SMILES string of the molecule is CC1CC(C)CC(C2CCC(C=O)CC2)C1. The molecule has 0 aromatic heterocycles. The second-order valence-electron chi connectivity index (χ2n) is 6.49. The highest BCUT2D eigenvalue weighted by atomic mass is 16.1. The molecule has 2 aliphatic rings.